The minimum absolute atomic E-state index is 0.129. The fourth-order valence-electron chi connectivity index (χ4n) is 8.26. The van der Waals surface area contributed by atoms with Gasteiger partial charge in [0.05, 0.1) is 0 Å². The highest BCUT2D eigenvalue weighted by Gasteiger charge is 2.36. The summed E-state index contributed by atoms with van der Waals surface area (Å²) in [6, 6.07) is 60.5. The van der Waals surface area contributed by atoms with Crippen LogP contribution in [-0.2, 0) is 5.41 Å². The zero-order valence-electron chi connectivity index (χ0n) is 28.6. The smallest absolute Gasteiger partial charge is 0.0281 e. The number of hydrogen-bond donors (Lipinski definition) is 0. The van der Waals surface area contributed by atoms with E-state index in [4.69, 9.17) is 0 Å². The van der Waals surface area contributed by atoms with Crippen LogP contribution < -0.4 is 0 Å². The number of fused-ring (bicyclic) bond motifs is 5. The minimum Gasteiger partial charge on any atom is -0.296 e. The van der Waals surface area contributed by atoms with E-state index in [9.17, 15) is 0 Å². The van der Waals surface area contributed by atoms with Crippen molar-refractivity contribution in [2.24, 2.45) is 4.99 Å². The van der Waals surface area contributed by atoms with Gasteiger partial charge in [-0.3, -0.25) is 4.99 Å². The molecule has 0 heterocycles. The van der Waals surface area contributed by atoms with Crippen molar-refractivity contribution in [3.05, 3.63) is 180 Å². The predicted octanol–water partition coefficient (Wildman–Crippen LogP) is 13.0. The number of rotatable bonds is 5. The van der Waals surface area contributed by atoms with Crippen molar-refractivity contribution < 1.29 is 0 Å². The van der Waals surface area contributed by atoms with Gasteiger partial charge in [-0.05, 0) is 124 Å². The molecule has 1 nitrogen and oxygen atoms in total. The SMILES string of the molecule is CN=Cc1ccc2c(c1)C(C)(C)c1cc(-c3c4ccccc4c(-c4cc(-c5ccccc5)cc(-c5ccccc5)c4)c4ccccc34)ccc1-2. The van der Waals surface area contributed by atoms with Gasteiger partial charge in [0.1, 0.15) is 0 Å². The third kappa shape index (κ3) is 4.81. The maximum atomic E-state index is 4.28. The molecule has 50 heavy (non-hydrogen) atoms. The molecule has 8 aromatic carbocycles. The summed E-state index contributed by atoms with van der Waals surface area (Å²) in [5.41, 5.74) is 16.3. The number of benzene rings is 8. The fourth-order valence-corrected chi connectivity index (χ4v) is 8.26. The second kappa shape index (κ2) is 11.8. The summed E-state index contributed by atoms with van der Waals surface area (Å²) in [7, 11) is 1.83. The molecule has 1 aliphatic carbocycles. The van der Waals surface area contributed by atoms with E-state index in [0.29, 0.717) is 0 Å². The first-order valence-electron chi connectivity index (χ1n) is 17.4. The molecule has 0 amide bonds. The van der Waals surface area contributed by atoms with Crippen LogP contribution in [0, 0.1) is 0 Å². The van der Waals surface area contributed by atoms with Crippen LogP contribution >= 0.6 is 0 Å². The lowest BCUT2D eigenvalue weighted by molar-refractivity contribution is 0.660. The van der Waals surface area contributed by atoms with Gasteiger partial charge in [0, 0.05) is 18.7 Å². The van der Waals surface area contributed by atoms with Gasteiger partial charge in [-0.25, -0.2) is 0 Å². The first-order valence-corrected chi connectivity index (χ1v) is 17.4. The average molecular weight is 640 g/mol. The zero-order chi connectivity index (χ0) is 33.8. The topological polar surface area (TPSA) is 12.4 Å². The lowest BCUT2D eigenvalue weighted by Crippen LogP contribution is -2.15. The van der Waals surface area contributed by atoms with Gasteiger partial charge >= 0.3 is 0 Å². The van der Waals surface area contributed by atoms with Crippen molar-refractivity contribution in [2.75, 3.05) is 7.05 Å². The normalized spacial score (nSPS) is 13.2. The monoisotopic (exact) mass is 639 g/mol. The van der Waals surface area contributed by atoms with Crippen molar-refractivity contribution in [2.45, 2.75) is 19.3 Å². The van der Waals surface area contributed by atoms with Crippen LogP contribution in [0.5, 0.6) is 0 Å². The number of nitrogens with zero attached hydrogens (tertiary/aromatic N) is 1. The van der Waals surface area contributed by atoms with Crippen LogP contribution in [0.25, 0.3) is 77.2 Å². The van der Waals surface area contributed by atoms with Crippen LogP contribution in [0.3, 0.4) is 0 Å². The molecule has 1 heteroatoms. The quantitative estimate of drug-likeness (QED) is 0.131. The summed E-state index contributed by atoms with van der Waals surface area (Å²) < 4.78 is 0. The van der Waals surface area contributed by atoms with E-state index >= 15 is 0 Å². The fraction of sp³-hybridized carbons (Fsp3) is 0.0816. The third-order valence-electron chi connectivity index (χ3n) is 10.6. The van der Waals surface area contributed by atoms with Crippen LogP contribution in [0.1, 0.15) is 30.5 Å². The van der Waals surface area contributed by atoms with Crippen LogP contribution in [0.2, 0.25) is 0 Å². The summed E-state index contributed by atoms with van der Waals surface area (Å²) in [6.45, 7) is 4.72. The third-order valence-corrected chi connectivity index (χ3v) is 10.6. The Balaban J connectivity index is 1.30. The van der Waals surface area contributed by atoms with Crippen LogP contribution in [0.15, 0.2) is 169 Å². The first-order chi connectivity index (χ1) is 24.5. The van der Waals surface area contributed by atoms with E-state index in [2.05, 4.69) is 183 Å². The van der Waals surface area contributed by atoms with E-state index in [1.807, 2.05) is 13.3 Å². The van der Waals surface area contributed by atoms with Gasteiger partial charge < -0.3 is 0 Å². The van der Waals surface area contributed by atoms with Crippen molar-refractivity contribution in [3.8, 4) is 55.6 Å². The lowest BCUT2D eigenvalue weighted by atomic mass is 9.80. The standard InChI is InChI=1S/C49H37N/c1-49(2)45-26-32(31-50-3)22-24-39(45)40-25-23-35(30-46(40)49)47-41-18-10-12-20-43(41)48(44-21-13-11-19-42(44)47)38-28-36(33-14-6-4-7-15-33)27-37(29-38)34-16-8-5-9-17-34/h4-31H,1-3H3. The summed E-state index contributed by atoms with van der Waals surface area (Å²) in [5, 5.41) is 5.05. The number of aliphatic imine (C=N–C) groups is 1. The molecule has 0 unspecified atom stereocenters. The highest BCUT2D eigenvalue weighted by molar-refractivity contribution is 6.21. The molecule has 0 radical (unpaired) electrons. The largest absolute Gasteiger partial charge is 0.296 e. The second-order valence-electron chi connectivity index (χ2n) is 13.9. The molecule has 0 bridgehead atoms. The van der Waals surface area contributed by atoms with E-state index in [0.717, 1.165) is 5.56 Å². The minimum atomic E-state index is -0.129. The summed E-state index contributed by atoms with van der Waals surface area (Å²) in [4.78, 5) is 4.28. The van der Waals surface area contributed by atoms with Crippen molar-refractivity contribution in [3.63, 3.8) is 0 Å². The van der Waals surface area contributed by atoms with E-state index < -0.39 is 0 Å². The van der Waals surface area contributed by atoms with Gasteiger partial charge in [-0.15, -0.1) is 0 Å². The van der Waals surface area contributed by atoms with Gasteiger partial charge in [0.2, 0.25) is 0 Å². The molecule has 0 aromatic heterocycles. The first kappa shape index (κ1) is 30.0. The maximum absolute atomic E-state index is 4.28. The predicted molar refractivity (Wildman–Crippen MR) is 214 cm³/mol. The molecule has 0 atom stereocenters. The summed E-state index contributed by atoms with van der Waals surface area (Å²) in [6.07, 6.45) is 1.95. The molecular formula is C49H37N. The van der Waals surface area contributed by atoms with Gasteiger partial charge in [-0.2, -0.15) is 0 Å². The lowest BCUT2D eigenvalue weighted by Gasteiger charge is -2.23. The van der Waals surface area contributed by atoms with Crippen molar-refractivity contribution >= 4 is 27.8 Å². The van der Waals surface area contributed by atoms with Gasteiger partial charge in [0.25, 0.3) is 0 Å². The number of hydrogen-bond acceptors (Lipinski definition) is 1. The Morgan fingerprint density at radius 2 is 0.840 bits per heavy atom. The molecule has 0 N–H and O–H groups in total. The van der Waals surface area contributed by atoms with E-state index in [-0.39, 0.29) is 5.41 Å². The summed E-state index contributed by atoms with van der Waals surface area (Å²) in [5.74, 6) is 0. The molecule has 8 aromatic rings. The van der Waals surface area contributed by atoms with E-state index in [1.54, 1.807) is 0 Å². The van der Waals surface area contributed by atoms with Crippen molar-refractivity contribution in [1.29, 1.82) is 0 Å². The molecule has 0 saturated heterocycles. The zero-order valence-corrected chi connectivity index (χ0v) is 28.6. The van der Waals surface area contributed by atoms with Gasteiger partial charge in [-0.1, -0.05) is 147 Å². The molecule has 238 valence electrons. The van der Waals surface area contributed by atoms with E-state index in [1.165, 1.54) is 88.3 Å². The van der Waals surface area contributed by atoms with Gasteiger partial charge in [0.15, 0.2) is 0 Å². The molecule has 9 rings (SSSR count). The van der Waals surface area contributed by atoms with Crippen molar-refractivity contribution in [1.82, 2.24) is 0 Å². The Bertz CT molecular complexity index is 2490. The highest BCUT2D eigenvalue weighted by atomic mass is 14.6. The molecule has 0 saturated carbocycles. The Hall–Kier alpha value is -6.05. The highest BCUT2D eigenvalue weighted by Crippen LogP contribution is 2.51. The Morgan fingerprint density at radius 1 is 0.400 bits per heavy atom. The second-order valence-corrected chi connectivity index (χ2v) is 13.9. The van der Waals surface area contributed by atoms with Crippen LogP contribution in [0.4, 0.5) is 0 Å². The Kier molecular flexibility index (Phi) is 7.10. The molecule has 1 aliphatic rings. The molecule has 0 fully saturated rings. The average Bonchev–Trinajstić information content (AvgIpc) is 3.39. The molecule has 0 aliphatic heterocycles. The summed E-state index contributed by atoms with van der Waals surface area (Å²) >= 11 is 0. The molecule has 0 spiro atoms. The Labute approximate surface area is 294 Å². The Morgan fingerprint density at radius 3 is 1.36 bits per heavy atom. The molecular weight excluding hydrogens is 603 g/mol. The van der Waals surface area contributed by atoms with Crippen LogP contribution in [-0.4, -0.2) is 13.3 Å². The maximum Gasteiger partial charge on any atom is 0.0281 e.